The number of rotatable bonds is 18. The highest BCUT2D eigenvalue weighted by atomic mass is 32.1. The van der Waals surface area contributed by atoms with Gasteiger partial charge in [-0.1, -0.05) is 81.1 Å². The molecule has 0 spiro atoms. The van der Waals surface area contributed by atoms with E-state index in [9.17, 15) is 14.4 Å². The Morgan fingerprint density at radius 1 is 1.00 bits per heavy atom. The lowest BCUT2D eigenvalue weighted by atomic mass is 9.92. The summed E-state index contributed by atoms with van der Waals surface area (Å²) in [5, 5.41) is 5.31. The summed E-state index contributed by atoms with van der Waals surface area (Å²) in [7, 11) is -2.30. The summed E-state index contributed by atoms with van der Waals surface area (Å²) in [6, 6.07) is -0.937. The van der Waals surface area contributed by atoms with Gasteiger partial charge in [-0.05, 0) is 70.5 Å². The molecule has 0 aliphatic rings. The molecule has 9 nitrogen and oxygen atoms in total. The maximum absolute atomic E-state index is 14.6. The minimum Gasteiger partial charge on any atom is -0.461 e. The molecule has 2 amide bonds. The first kappa shape index (κ1) is 42.0. The van der Waals surface area contributed by atoms with Gasteiger partial charge < -0.3 is 24.1 Å². The van der Waals surface area contributed by atoms with Crippen molar-refractivity contribution in [2.75, 3.05) is 13.2 Å². The smallest absolute Gasteiger partial charge is 0.408 e. The summed E-state index contributed by atoms with van der Waals surface area (Å²) in [6.07, 6.45) is 4.27. The van der Waals surface area contributed by atoms with Crippen molar-refractivity contribution in [2.45, 2.75) is 164 Å². The van der Waals surface area contributed by atoms with E-state index in [1.165, 1.54) is 11.3 Å². The van der Waals surface area contributed by atoms with Gasteiger partial charge in [-0.15, -0.1) is 11.3 Å². The monoisotopic (exact) mass is 683 g/mol. The number of alkyl carbamates (subject to hydrolysis) is 1. The average molecular weight is 684 g/mol. The highest BCUT2D eigenvalue weighted by molar-refractivity contribution is 7.09. The third-order valence-electron chi connectivity index (χ3n) is 8.84. The van der Waals surface area contributed by atoms with Gasteiger partial charge >= 0.3 is 12.1 Å². The number of hydrogen-bond acceptors (Lipinski definition) is 8. The molecule has 0 fully saturated rings. The molecule has 266 valence electrons. The molecule has 0 bridgehead atoms. The number of thiazole rings is 1. The highest BCUT2D eigenvalue weighted by Gasteiger charge is 2.43. The van der Waals surface area contributed by atoms with E-state index in [-0.39, 0.29) is 41.1 Å². The molecule has 1 aromatic heterocycles. The van der Waals surface area contributed by atoms with Crippen molar-refractivity contribution in [3.8, 4) is 0 Å². The lowest BCUT2D eigenvalue weighted by molar-refractivity contribution is -0.139. The van der Waals surface area contributed by atoms with Crippen molar-refractivity contribution >= 4 is 37.6 Å². The summed E-state index contributed by atoms with van der Waals surface area (Å²) in [4.78, 5) is 46.9. The zero-order valence-corrected chi connectivity index (χ0v) is 33.2. The minimum absolute atomic E-state index is 0.0611. The Bertz CT molecular complexity index is 1090. The van der Waals surface area contributed by atoms with Crippen molar-refractivity contribution in [3.63, 3.8) is 0 Å². The Balaban J connectivity index is 3.66. The van der Waals surface area contributed by atoms with E-state index in [4.69, 9.17) is 18.9 Å². The molecule has 11 heteroatoms. The lowest BCUT2D eigenvalue weighted by Gasteiger charge is -2.42. The number of hydrogen-bond donors (Lipinski definition) is 1. The summed E-state index contributed by atoms with van der Waals surface area (Å²) in [6.45, 7) is 29.5. The van der Waals surface area contributed by atoms with Crippen molar-refractivity contribution in [1.29, 1.82) is 0 Å². The van der Waals surface area contributed by atoms with Crippen LogP contribution in [-0.4, -0.2) is 67.0 Å². The van der Waals surface area contributed by atoms with Gasteiger partial charge in [0.1, 0.15) is 16.7 Å². The quantitative estimate of drug-likeness (QED) is 0.0934. The van der Waals surface area contributed by atoms with Gasteiger partial charge in [0.05, 0.1) is 12.7 Å². The van der Waals surface area contributed by atoms with Crippen molar-refractivity contribution in [1.82, 2.24) is 15.2 Å². The first-order valence-corrected chi connectivity index (χ1v) is 21.1. The van der Waals surface area contributed by atoms with E-state index in [0.717, 1.165) is 32.1 Å². The highest BCUT2D eigenvalue weighted by Crippen LogP contribution is 2.42. The normalized spacial score (nSPS) is 15.2. The summed E-state index contributed by atoms with van der Waals surface area (Å²) in [5.74, 6) is -0.567. The van der Waals surface area contributed by atoms with Crippen LogP contribution in [0.5, 0.6) is 0 Å². The molecule has 0 unspecified atom stereocenters. The molecule has 0 aromatic carbocycles. The second-order valence-corrected chi connectivity index (χ2v) is 21.0. The molecular formula is C35H65N3O6SSi. The Morgan fingerprint density at radius 3 is 2.13 bits per heavy atom. The van der Waals surface area contributed by atoms with Crippen LogP contribution in [0.25, 0.3) is 0 Å². The number of unbranched alkanes of at least 4 members (excludes halogenated alkanes) is 3. The minimum atomic E-state index is -2.30. The van der Waals surface area contributed by atoms with Gasteiger partial charge in [0.15, 0.2) is 14.0 Å². The Kier molecular flexibility index (Phi) is 16.9. The Labute approximate surface area is 285 Å². The molecule has 0 saturated carbocycles. The molecule has 1 N–H and O–H groups in total. The van der Waals surface area contributed by atoms with E-state index in [1.807, 2.05) is 39.5 Å². The van der Waals surface area contributed by atoms with Crippen LogP contribution >= 0.6 is 11.3 Å². The number of esters is 1. The van der Waals surface area contributed by atoms with Crippen molar-refractivity contribution < 1.29 is 28.3 Å². The lowest BCUT2D eigenvalue weighted by Crippen LogP contribution is -2.56. The zero-order chi connectivity index (χ0) is 35.5. The number of carbonyl (C=O) groups is 3. The van der Waals surface area contributed by atoms with Gasteiger partial charge in [0.2, 0.25) is 5.91 Å². The van der Waals surface area contributed by atoms with E-state index in [2.05, 4.69) is 60.0 Å². The number of nitrogens with one attached hydrogen (secondary N) is 1. The summed E-state index contributed by atoms with van der Waals surface area (Å²) >= 11 is 1.40. The fraction of sp³-hybridized carbons (Fsp3) is 0.829. The van der Waals surface area contributed by atoms with Crippen LogP contribution in [0.3, 0.4) is 0 Å². The summed E-state index contributed by atoms with van der Waals surface area (Å²) < 4.78 is 17.9. The van der Waals surface area contributed by atoms with E-state index >= 15 is 0 Å². The third-order valence-corrected chi connectivity index (χ3v) is 14.3. The van der Waals surface area contributed by atoms with Gasteiger partial charge in [-0.2, -0.15) is 0 Å². The van der Waals surface area contributed by atoms with Gasteiger partial charge in [0, 0.05) is 18.0 Å². The van der Waals surface area contributed by atoms with Gasteiger partial charge in [0.25, 0.3) is 0 Å². The van der Waals surface area contributed by atoms with Crippen LogP contribution in [0, 0.1) is 11.8 Å². The Morgan fingerprint density at radius 2 is 1.63 bits per heavy atom. The maximum atomic E-state index is 14.6. The number of carbonyl (C=O) groups excluding carboxylic acids is 3. The van der Waals surface area contributed by atoms with Crippen molar-refractivity contribution in [3.05, 3.63) is 16.1 Å². The molecule has 0 aliphatic carbocycles. The SMILES string of the molecule is CCCCCCN(C(=O)[C@@H](NC(=O)OC(C)(C)C)[C@@H](C)CC)[C@H](C[C@@H](O[Si](C)(C)C(C)(C)C)c1nc(C(=O)OCC)cs1)C(C)C. The molecule has 1 aromatic rings. The largest absolute Gasteiger partial charge is 0.461 e. The number of amides is 2. The molecular weight excluding hydrogens is 619 g/mol. The van der Waals surface area contributed by atoms with Crippen LogP contribution in [0.15, 0.2) is 5.38 Å². The topological polar surface area (TPSA) is 107 Å². The van der Waals surface area contributed by atoms with E-state index < -0.39 is 38.1 Å². The standard InChI is InChI=1S/C35H65N3O6SSi/c1-15-18-19-20-21-38(31(39)29(25(6)16-2)37-33(41)43-34(7,8)9)27(24(4)5)22-28(44-46(13,14)35(10,11)12)30-36-26(23-45-30)32(40)42-17-3/h23-25,27-29H,15-22H2,1-14H3,(H,37,41)/t25-,27+,28+,29-/m0/s1. The Hall–Kier alpha value is -1.98. The second-order valence-electron chi connectivity index (χ2n) is 15.3. The maximum Gasteiger partial charge on any atom is 0.408 e. The van der Waals surface area contributed by atoms with E-state index in [0.29, 0.717) is 18.0 Å². The van der Waals surface area contributed by atoms with Crippen LogP contribution in [0.2, 0.25) is 18.1 Å². The third kappa shape index (κ3) is 13.3. The van der Waals surface area contributed by atoms with Crippen LogP contribution in [0.4, 0.5) is 4.79 Å². The predicted octanol–water partition coefficient (Wildman–Crippen LogP) is 9.15. The first-order chi connectivity index (χ1) is 21.2. The number of ether oxygens (including phenoxy) is 2. The first-order valence-electron chi connectivity index (χ1n) is 17.3. The number of aromatic nitrogens is 1. The molecule has 0 aliphatic heterocycles. The fourth-order valence-electron chi connectivity index (χ4n) is 4.89. The van der Waals surface area contributed by atoms with Crippen LogP contribution in [0.1, 0.15) is 143 Å². The molecule has 0 saturated heterocycles. The molecule has 1 rings (SSSR count). The molecule has 4 atom stereocenters. The second kappa shape index (κ2) is 18.5. The zero-order valence-electron chi connectivity index (χ0n) is 31.4. The predicted molar refractivity (Wildman–Crippen MR) is 191 cm³/mol. The van der Waals surface area contributed by atoms with Gasteiger partial charge in [-0.3, -0.25) is 4.79 Å². The average Bonchev–Trinajstić information content (AvgIpc) is 3.43. The number of nitrogens with zero attached hydrogens (tertiary/aromatic N) is 2. The van der Waals surface area contributed by atoms with Crippen LogP contribution < -0.4 is 5.32 Å². The summed E-state index contributed by atoms with van der Waals surface area (Å²) in [5.41, 5.74) is -0.407. The fourth-order valence-corrected chi connectivity index (χ4v) is 7.08. The van der Waals surface area contributed by atoms with Crippen LogP contribution in [-0.2, 0) is 18.7 Å². The molecule has 0 radical (unpaired) electrons. The molecule has 46 heavy (non-hydrogen) atoms. The van der Waals surface area contributed by atoms with E-state index in [1.54, 1.807) is 12.3 Å². The van der Waals surface area contributed by atoms with Gasteiger partial charge in [-0.25, -0.2) is 14.6 Å². The molecule has 1 heterocycles. The van der Waals surface area contributed by atoms with Crippen molar-refractivity contribution in [2.24, 2.45) is 11.8 Å².